The number of fused-ring (bicyclic) bond motifs is 2. The minimum atomic E-state index is -0.514. The molecule has 3 heterocycles. The average Bonchev–Trinajstić information content (AvgIpc) is 3.02. The van der Waals surface area contributed by atoms with E-state index in [0.717, 1.165) is 35.2 Å². The van der Waals surface area contributed by atoms with E-state index < -0.39 is 12.7 Å². The van der Waals surface area contributed by atoms with Gasteiger partial charge in [-0.1, -0.05) is 6.07 Å². The van der Waals surface area contributed by atoms with Crippen molar-refractivity contribution in [1.82, 2.24) is 14.9 Å². The first-order valence-corrected chi connectivity index (χ1v) is 11.2. The molecule has 1 N–H and O–H groups in total. The first-order chi connectivity index (χ1) is 14.3. The molecule has 2 aromatic rings. The molecule has 1 aromatic carbocycles. The molecule has 5 rings (SSSR count). The maximum absolute atomic E-state index is 12.9. The number of hydrogen-bond donors (Lipinski definition) is 1. The number of carbonyl (C=O) groups is 1. The predicted molar refractivity (Wildman–Crippen MR) is 119 cm³/mol. The maximum Gasteiger partial charge on any atom is 0.494 e. The van der Waals surface area contributed by atoms with E-state index >= 15 is 0 Å². The molecule has 2 aliphatic heterocycles. The van der Waals surface area contributed by atoms with E-state index in [4.69, 9.17) is 19.0 Å². The smallest absolute Gasteiger partial charge is 0.444 e. The molecule has 3 fully saturated rings. The van der Waals surface area contributed by atoms with Gasteiger partial charge in [-0.25, -0.2) is 9.78 Å². The second-order valence-corrected chi connectivity index (χ2v) is 11.2. The third kappa shape index (κ3) is 3.54. The van der Waals surface area contributed by atoms with Gasteiger partial charge >= 0.3 is 13.2 Å². The Morgan fingerprint density at radius 1 is 1.19 bits per heavy atom. The molecule has 1 aliphatic carbocycles. The number of rotatable bonds is 2. The molecule has 2 saturated heterocycles. The first-order valence-electron chi connectivity index (χ1n) is 11.2. The lowest BCUT2D eigenvalue weighted by molar-refractivity contribution is 0.00578. The predicted octanol–water partition coefficient (Wildman–Crippen LogP) is 3.93. The number of nitrogens with one attached hydrogen (secondary N) is 1. The van der Waals surface area contributed by atoms with Gasteiger partial charge in [0.25, 0.3) is 0 Å². The van der Waals surface area contributed by atoms with Crippen LogP contribution in [0, 0.1) is 5.92 Å². The Balaban J connectivity index is 1.41. The summed E-state index contributed by atoms with van der Waals surface area (Å²) in [5.41, 5.74) is 1.46. The van der Waals surface area contributed by atoms with E-state index in [-0.39, 0.29) is 29.4 Å². The van der Waals surface area contributed by atoms with Gasteiger partial charge in [-0.15, -0.1) is 0 Å². The molecule has 0 radical (unpaired) electrons. The zero-order valence-electron chi connectivity index (χ0n) is 19.5. The minimum absolute atomic E-state index is 0.0775. The Hall–Kier alpha value is -2.06. The van der Waals surface area contributed by atoms with Crippen LogP contribution in [0.1, 0.15) is 73.2 Å². The standard InChI is InChI=1S/C23H32BN3O4/c1-21(2,3)29-20(28)27-17-10-13(17)11-18(27)19-25-15-9-8-14(12-16(15)26-19)24-30-22(4,5)23(6,7)31-24/h8-9,12-13,17-18H,10-11H2,1-7H3,(H,25,26)/t13-,17?,18+/m0/s1. The van der Waals surface area contributed by atoms with E-state index in [9.17, 15) is 4.79 Å². The van der Waals surface area contributed by atoms with Crippen molar-refractivity contribution in [3.05, 3.63) is 24.0 Å². The number of piperidine rings is 1. The molecular weight excluding hydrogens is 393 g/mol. The fraction of sp³-hybridized carbons (Fsp3) is 0.652. The van der Waals surface area contributed by atoms with Crippen molar-refractivity contribution < 1.29 is 18.8 Å². The van der Waals surface area contributed by atoms with E-state index in [1.807, 2.05) is 43.9 Å². The molecule has 166 valence electrons. The van der Waals surface area contributed by atoms with Crippen molar-refractivity contribution in [1.29, 1.82) is 0 Å². The van der Waals surface area contributed by atoms with Gasteiger partial charge in [0, 0.05) is 6.04 Å². The number of amides is 1. The second kappa shape index (κ2) is 6.48. The number of benzene rings is 1. The van der Waals surface area contributed by atoms with Crippen molar-refractivity contribution in [3.63, 3.8) is 0 Å². The SMILES string of the molecule is CC(C)(C)OC(=O)N1C2C[C@H]2C[C@@H]1c1nc2cc(B3OC(C)(C)C(C)(C)O3)ccc2[nH]1. The highest BCUT2D eigenvalue weighted by Gasteiger charge is 2.56. The van der Waals surface area contributed by atoms with Crippen LogP contribution in [0.2, 0.25) is 0 Å². The summed E-state index contributed by atoms with van der Waals surface area (Å²) in [7, 11) is -0.424. The summed E-state index contributed by atoms with van der Waals surface area (Å²) < 4.78 is 18.1. The number of aromatic amines is 1. The molecule has 0 bridgehead atoms. The fourth-order valence-corrected chi connectivity index (χ4v) is 4.60. The van der Waals surface area contributed by atoms with Crippen LogP contribution in [0.5, 0.6) is 0 Å². The van der Waals surface area contributed by atoms with E-state index in [1.54, 1.807) is 0 Å². The van der Waals surface area contributed by atoms with Gasteiger partial charge in [-0.05, 0) is 84.8 Å². The molecule has 3 aliphatic rings. The molecule has 1 amide bonds. The highest BCUT2D eigenvalue weighted by molar-refractivity contribution is 6.62. The molecular formula is C23H32BN3O4. The largest absolute Gasteiger partial charge is 0.494 e. The molecule has 1 unspecified atom stereocenters. The van der Waals surface area contributed by atoms with E-state index in [0.29, 0.717) is 5.92 Å². The Kier molecular flexibility index (Phi) is 4.35. The Bertz CT molecular complexity index is 1030. The quantitative estimate of drug-likeness (QED) is 0.738. The first kappa shape index (κ1) is 20.8. The number of nitrogens with zero attached hydrogens (tertiary/aromatic N) is 2. The van der Waals surface area contributed by atoms with Gasteiger partial charge in [0.1, 0.15) is 11.4 Å². The van der Waals surface area contributed by atoms with Gasteiger partial charge in [-0.3, -0.25) is 4.90 Å². The van der Waals surface area contributed by atoms with Crippen LogP contribution in [-0.2, 0) is 14.0 Å². The number of carbonyl (C=O) groups excluding carboxylic acids is 1. The van der Waals surface area contributed by atoms with Crippen molar-refractivity contribution in [2.45, 2.75) is 90.2 Å². The molecule has 1 saturated carbocycles. The summed E-state index contributed by atoms with van der Waals surface area (Å²) >= 11 is 0. The third-order valence-corrected chi connectivity index (χ3v) is 7.08. The lowest BCUT2D eigenvalue weighted by Crippen LogP contribution is -2.41. The number of aromatic nitrogens is 2. The normalized spacial score (nSPS) is 28.8. The molecule has 31 heavy (non-hydrogen) atoms. The highest BCUT2D eigenvalue weighted by atomic mass is 16.7. The molecule has 1 aromatic heterocycles. The van der Waals surface area contributed by atoms with Gasteiger partial charge in [-0.2, -0.15) is 0 Å². The van der Waals surface area contributed by atoms with E-state index in [2.05, 4.69) is 32.7 Å². The number of imidazole rings is 1. The van der Waals surface area contributed by atoms with Crippen molar-refractivity contribution in [2.75, 3.05) is 0 Å². The molecule has 7 nitrogen and oxygen atoms in total. The summed E-state index contributed by atoms with van der Waals surface area (Å²) in [6.07, 6.45) is 1.73. The summed E-state index contributed by atoms with van der Waals surface area (Å²) in [6.45, 7) is 13.9. The third-order valence-electron chi connectivity index (χ3n) is 7.08. The van der Waals surface area contributed by atoms with Crippen molar-refractivity contribution >= 4 is 29.7 Å². The number of ether oxygens (including phenoxy) is 1. The van der Waals surface area contributed by atoms with Gasteiger partial charge < -0.3 is 19.0 Å². The van der Waals surface area contributed by atoms with Crippen molar-refractivity contribution in [3.8, 4) is 0 Å². The van der Waals surface area contributed by atoms with Gasteiger partial charge in [0.05, 0.1) is 28.3 Å². The Morgan fingerprint density at radius 3 is 2.52 bits per heavy atom. The molecule has 8 heteroatoms. The zero-order chi connectivity index (χ0) is 22.3. The molecule has 3 atom stereocenters. The fourth-order valence-electron chi connectivity index (χ4n) is 4.60. The van der Waals surface area contributed by atoms with Crippen molar-refractivity contribution in [2.24, 2.45) is 5.92 Å². The number of likely N-dealkylation sites (tertiary alicyclic amines) is 1. The number of hydrogen-bond acceptors (Lipinski definition) is 5. The summed E-state index contributed by atoms with van der Waals surface area (Å²) in [5, 5.41) is 0. The monoisotopic (exact) mass is 425 g/mol. The van der Waals surface area contributed by atoms with E-state index in [1.165, 1.54) is 0 Å². The second-order valence-electron chi connectivity index (χ2n) is 11.2. The molecule has 0 spiro atoms. The van der Waals surface area contributed by atoms with Crippen LogP contribution < -0.4 is 5.46 Å². The number of H-pyrrole nitrogens is 1. The summed E-state index contributed by atoms with van der Waals surface area (Å²) in [6, 6.07) is 6.24. The van der Waals surface area contributed by atoms with Crippen LogP contribution >= 0.6 is 0 Å². The zero-order valence-corrected chi connectivity index (χ0v) is 19.5. The minimum Gasteiger partial charge on any atom is -0.444 e. The Morgan fingerprint density at radius 2 is 1.87 bits per heavy atom. The van der Waals surface area contributed by atoms with Crippen LogP contribution in [0.3, 0.4) is 0 Å². The lowest BCUT2D eigenvalue weighted by atomic mass is 9.79. The van der Waals surface area contributed by atoms with Gasteiger partial charge in [0.2, 0.25) is 0 Å². The lowest BCUT2D eigenvalue weighted by Gasteiger charge is -2.32. The summed E-state index contributed by atoms with van der Waals surface area (Å²) in [4.78, 5) is 23.1. The Labute approximate surface area is 184 Å². The highest BCUT2D eigenvalue weighted by Crippen LogP contribution is 2.53. The van der Waals surface area contributed by atoms with Crippen LogP contribution in [0.25, 0.3) is 11.0 Å². The van der Waals surface area contributed by atoms with Crippen LogP contribution in [0.4, 0.5) is 4.79 Å². The maximum atomic E-state index is 12.9. The topological polar surface area (TPSA) is 76.7 Å². The average molecular weight is 425 g/mol. The van der Waals surface area contributed by atoms with Gasteiger partial charge in [0.15, 0.2) is 0 Å². The summed E-state index contributed by atoms with van der Waals surface area (Å²) in [5.74, 6) is 1.37. The van der Waals surface area contributed by atoms with Crippen LogP contribution in [-0.4, -0.2) is 50.9 Å². The van der Waals surface area contributed by atoms with Crippen LogP contribution in [0.15, 0.2) is 18.2 Å².